The molecule has 0 spiro atoms. The van der Waals surface area contributed by atoms with Crippen LogP contribution >= 0.6 is 0 Å². The Morgan fingerprint density at radius 1 is 1.07 bits per heavy atom. The van der Waals surface area contributed by atoms with Gasteiger partial charge >= 0.3 is 0 Å². The Hall–Kier alpha value is -2.90. The van der Waals surface area contributed by atoms with Crippen molar-refractivity contribution >= 4 is 16.9 Å². The molecule has 144 valence electrons. The van der Waals surface area contributed by atoms with Gasteiger partial charge in [0.15, 0.2) is 5.43 Å². The van der Waals surface area contributed by atoms with Crippen LogP contribution in [0, 0.1) is 0 Å². The van der Waals surface area contributed by atoms with E-state index < -0.39 is 6.04 Å². The second-order valence-corrected chi connectivity index (χ2v) is 7.20. The largest absolute Gasteiger partial charge is 0.467 e. The smallest absolute Gasteiger partial charge is 0.291 e. The lowest BCUT2D eigenvalue weighted by Gasteiger charge is -2.28. The molecule has 0 radical (unpaired) electrons. The lowest BCUT2D eigenvalue weighted by molar-refractivity contribution is -0.907. The number of rotatable bonds is 4. The van der Waals surface area contributed by atoms with Crippen LogP contribution in [-0.4, -0.2) is 50.2 Å². The molecule has 1 aromatic carbocycles. The minimum atomic E-state index is -0.557. The molecule has 0 unspecified atom stereocenters. The predicted molar refractivity (Wildman–Crippen MR) is 100 cm³/mol. The monoisotopic (exact) mass is 381 g/mol. The van der Waals surface area contributed by atoms with Gasteiger partial charge in [0, 0.05) is 0 Å². The van der Waals surface area contributed by atoms with E-state index in [4.69, 9.17) is 13.6 Å². The van der Waals surface area contributed by atoms with Gasteiger partial charge in [-0.3, -0.25) is 9.59 Å². The molecule has 5 rings (SSSR count). The van der Waals surface area contributed by atoms with Crippen LogP contribution in [0.4, 0.5) is 0 Å². The fourth-order valence-corrected chi connectivity index (χ4v) is 4.13. The molecule has 28 heavy (non-hydrogen) atoms. The topological polar surface area (TPSA) is 77.3 Å². The molecule has 0 bridgehead atoms. The molecule has 1 amide bonds. The zero-order chi connectivity index (χ0) is 19.1. The maximum atomic E-state index is 13.2. The minimum Gasteiger partial charge on any atom is -0.467 e. The van der Waals surface area contributed by atoms with Crippen LogP contribution in [0.1, 0.15) is 27.9 Å². The summed E-state index contributed by atoms with van der Waals surface area (Å²) in [6, 6.07) is 10.0. The first-order valence-electron chi connectivity index (χ1n) is 9.55. The van der Waals surface area contributed by atoms with E-state index in [0.29, 0.717) is 28.8 Å². The summed E-state index contributed by atoms with van der Waals surface area (Å²) in [5, 5.41) is 0.478. The molecule has 4 heterocycles. The first-order chi connectivity index (χ1) is 13.7. The van der Waals surface area contributed by atoms with E-state index in [1.807, 2.05) is 0 Å². The van der Waals surface area contributed by atoms with Crippen molar-refractivity contribution in [2.24, 2.45) is 0 Å². The Balaban J connectivity index is 1.57. The molecule has 1 saturated heterocycles. The Labute approximate surface area is 161 Å². The molecule has 0 aliphatic carbocycles. The third-order valence-electron chi connectivity index (χ3n) is 5.59. The molecule has 3 aromatic rings. The number of carbonyl (C=O) groups is 1. The average Bonchev–Trinajstić information content (AvgIpc) is 3.35. The zero-order valence-electron chi connectivity index (χ0n) is 15.3. The first-order valence-corrected chi connectivity index (χ1v) is 9.55. The summed E-state index contributed by atoms with van der Waals surface area (Å²) in [7, 11) is 0. The van der Waals surface area contributed by atoms with E-state index in [0.717, 1.165) is 32.8 Å². The SMILES string of the molecule is O=C1c2oc3ccccc3c(=O)c2[C@@H](c2ccco2)N1CC[NH+]1CCOCC1. The third kappa shape index (κ3) is 2.75. The van der Waals surface area contributed by atoms with Gasteiger partial charge in [0.05, 0.1) is 43.5 Å². The number of benzene rings is 1. The molecule has 1 atom stereocenters. The molecule has 1 fully saturated rings. The van der Waals surface area contributed by atoms with Crippen molar-refractivity contribution in [3.05, 3.63) is 70.0 Å². The van der Waals surface area contributed by atoms with Crippen molar-refractivity contribution in [1.29, 1.82) is 0 Å². The highest BCUT2D eigenvalue weighted by Crippen LogP contribution is 2.37. The molecule has 0 saturated carbocycles. The fraction of sp³-hybridized carbons (Fsp3) is 0.333. The van der Waals surface area contributed by atoms with E-state index in [2.05, 4.69) is 0 Å². The Morgan fingerprint density at radius 3 is 2.68 bits per heavy atom. The highest BCUT2D eigenvalue weighted by molar-refractivity contribution is 5.98. The molecular formula is C21H21N2O5+. The maximum absolute atomic E-state index is 13.2. The number of nitrogens with zero attached hydrogens (tertiary/aromatic N) is 1. The normalized spacial score (nSPS) is 20.1. The number of hydrogen-bond donors (Lipinski definition) is 1. The summed E-state index contributed by atoms with van der Waals surface area (Å²) in [5.74, 6) is 0.445. The fourth-order valence-electron chi connectivity index (χ4n) is 4.13. The van der Waals surface area contributed by atoms with Crippen molar-refractivity contribution in [2.75, 3.05) is 39.4 Å². The van der Waals surface area contributed by atoms with Crippen molar-refractivity contribution in [3.63, 3.8) is 0 Å². The summed E-state index contributed by atoms with van der Waals surface area (Å²) in [6.45, 7) is 4.60. The van der Waals surface area contributed by atoms with E-state index in [9.17, 15) is 9.59 Å². The predicted octanol–water partition coefficient (Wildman–Crippen LogP) is 0.846. The number of morpholine rings is 1. The average molecular weight is 381 g/mol. The summed E-state index contributed by atoms with van der Waals surface area (Å²) in [4.78, 5) is 29.5. The summed E-state index contributed by atoms with van der Waals surface area (Å²) >= 11 is 0. The molecule has 2 aliphatic heterocycles. The second-order valence-electron chi connectivity index (χ2n) is 7.20. The van der Waals surface area contributed by atoms with Gasteiger partial charge in [-0.1, -0.05) is 12.1 Å². The molecule has 2 aliphatic rings. The molecule has 7 nitrogen and oxygen atoms in total. The van der Waals surface area contributed by atoms with Gasteiger partial charge in [-0.05, 0) is 24.3 Å². The molecule has 7 heteroatoms. The van der Waals surface area contributed by atoms with Crippen molar-refractivity contribution in [3.8, 4) is 0 Å². The standard InChI is InChI=1S/C21H20N2O5/c24-19-14-4-1-2-5-15(14)28-20-17(19)18(16-6-3-11-27-16)23(21(20)25)8-7-22-9-12-26-13-10-22/h1-6,11,18H,7-10,12-13H2/p+1/t18-/m1/s1. The molecule has 2 aromatic heterocycles. The number of amides is 1. The van der Waals surface area contributed by atoms with Crippen molar-refractivity contribution in [1.82, 2.24) is 4.90 Å². The lowest BCUT2D eigenvalue weighted by atomic mass is 10.0. The van der Waals surface area contributed by atoms with Gasteiger partial charge in [0.2, 0.25) is 5.76 Å². The van der Waals surface area contributed by atoms with Gasteiger partial charge in [0.1, 0.15) is 30.5 Å². The number of carbonyl (C=O) groups excluding carboxylic acids is 1. The number of furan rings is 1. The lowest BCUT2D eigenvalue weighted by Crippen LogP contribution is -3.14. The summed E-state index contributed by atoms with van der Waals surface area (Å²) in [5.41, 5.74) is 0.627. The van der Waals surface area contributed by atoms with Gasteiger partial charge in [-0.15, -0.1) is 0 Å². The maximum Gasteiger partial charge on any atom is 0.291 e. The van der Waals surface area contributed by atoms with Crippen LogP contribution in [0.15, 0.2) is 56.3 Å². The highest BCUT2D eigenvalue weighted by Gasteiger charge is 2.44. The molecule has 1 N–H and O–H groups in total. The van der Waals surface area contributed by atoms with E-state index in [-0.39, 0.29) is 17.1 Å². The molecular weight excluding hydrogens is 360 g/mol. The van der Waals surface area contributed by atoms with Gasteiger partial charge < -0.3 is 23.4 Å². The van der Waals surface area contributed by atoms with Crippen LogP contribution in [0.3, 0.4) is 0 Å². The number of quaternary nitrogens is 1. The summed E-state index contributed by atoms with van der Waals surface area (Å²) < 4.78 is 16.9. The van der Waals surface area contributed by atoms with Crippen molar-refractivity contribution in [2.45, 2.75) is 6.04 Å². The minimum absolute atomic E-state index is 0.127. The van der Waals surface area contributed by atoms with Crippen LogP contribution in [0.25, 0.3) is 11.0 Å². The highest BCUT2D eigenvalue weighted by atomic mass is 16.5. The van der Waals surface area contributed by atoms with E-state index >= 15 is 0 Å². The number of ether oxygens (including phenoxy) is 1. The van der Waals surface area contributed by atoms with Crippen LogP contribution in [0.5, 0.6) is 0 Å². The van der Waals surface area contributed by atoms with E-state index in [1.165, 1.54) is 4.90 Å². The number of fused-ring (bicyclic) bond motifs is 2. The van der Waals surface area contributed by atoms with Gasteiger partial charge in [0.25, 0.3) is 5.91 Å². The Morgan fingerprint density at radius 2 is 1.89 bits per heavy atom. The third-order valence-corrected chi connectivity index (χ3v) is 5.59. The van der Waals surface area contributed by atoms with E-state index in [1.54, 1.807) is 47.6 Å². The van der Waals surface area contributed by atoms with Gasteiger partial charge in [-0.2, -0.15) is 0 Å². The van der Waals surface area contributed by atoms with Crippen molar-refractivity contribution < 1.29 is 23.3 Å². The van der Waals surface area contributed by atoms with Crippen LogP contribution in [0.2, 0.25) is 0 Å². The number of nitrogens with one attached hydrogen (secondary N) is 1. The first kappa shape index (κ1) is 17.2. The quantitative estimate of drug-likeness (QED) is 0.725. The second kappa shape index (κ2) is 6.92. The Bertz CT molecular complexity index is 1070. The number of para-hydroxylation sites is 1. The van der Waals surface area contributed by atoms with Gasteiger partial charge in [-0.25, -0.2) is 0 Å². The Kier molecular flexibility index (Phi) is 4.26. The summed E-state index contributed by atoms with van der Waals surface area (Å²) in [6.07, 6.45) is 1.56. The zero-order valence-corrected chi connectivity index (χ0v) is 15.3. The van der Waals surface area contributed by atoms with Crippen LogP contribution < -0.4 is 10.3 Å². The van der Waals surface area contributed by atoms with Crippen LogP contribution in [-0.2, 0) is 4.74 Å². The number of hydrogen-bond acceptors (Lipinski definition) is 5.